The van der Waals surface area contributed by atoms with Crippen LogP contribution in [0.4, 0.5) is 0 Å². The zero-order valence-corrected chi connectivity index (χ0v) is 7.61. The minimum Gasteiger partial charge on any atom is -0.393 e. The SMILES string of the molecule is N#C[C@]1(O)C[C@@H]2CCC(O)C[C@H]2C1. The quantitative estimate of drug-likeness (QED) is 0.543. The van der Waals surface area contributed by atoms with Crippen LogP contribution in [0, 0.1) is 23.2 Å². The van der Waals surface area contributed by atoms with Gasteiger partial charge in [0.25, 0.3) is 0 Å². The number of fused-ring (bicyclic) bond motifs is 1. The summed E-state index contributed by atoms with van der Waals surface area (Å²) in [4.78, 5) is 0. The van der Waals surface area contributed by atoms with Gasteiger partial charge in [0.15, 0.2) is 5.60 Å². The summed E-state index contributed by atoms with van der Waals surface area (Å²) in [5.41, 5.74) is -1.10. The van der Waals surface area contributed by atoms with Crippen molar-refractivity contribution in [3.8, 4) is 6.07 Å². The minimum absolute atomic E-state index is 0.206. The van der Waals surface area contributed by atoms with E-state index in [-0.39, 0.29) is 6.10 Å². The smallest absolute Gasteiger partial charge is 0.151 e. The summed E-state index contributed by atoms with van der Waals surface area (Å²) in [5.74, 6) is 0.835. The lowest BCUT2D eigenvalue weighted by Crippen LogP contribution is -2.23. The van der Waals surface area contributed by atoms with E-state index >= 15 is 0 Å². The van der Waals surface area contributed by atoms with Gasteiger partial charge in [-0.1, -0.05) is 0 Å². The second kappa shape index (κ2) is 2.97. The Morgan fingerprint density at radius 2 is 1.92 bits per heavy atom. The highest BCUT2D eigenvalue weighted by atomic mass is 16.3. The fraction of sp³-hybridized carbons (Fsp3) is 0.900. The highest BCUT2D eigenvalue weighted by Gasteiger charge is 2.46. The second-order valence-electron chi connectivity index (χ2n) is 4.54. The topological polar surface area (TPSA) is 64.2 Å². The molecule has 1 unspecified atom stereocenters. The van der Waals surface area contributed by atoms with Crippen LogP contribution >= 0.6 is 0 Å². The van der Waals surface area contributed by atoms with Crippen LogP contribution in [0.1, 0.15) is 32.1 Å². The molecule has 0 spiro atoms. The van der Waals surface area contributed by atoms with Crippen LogP contribution < -0.4 is 0 Å². The van der Waals surface area contributed by atoms with Crippen molar-refractivity contribution >= 4 is 0 Å². The Kier molecular flexibility index (Phi) is 2.05. The summed E-state index contributed by atoms with van der Waals surface area (Å²) in [6, 6.07) is 1.99. The van der Waals surface area contributed by atoms with Gasteiger partial charge in [0.1, 0.15) is 0 Å². The molecule has 0 aromatic rings. The van der Waals surface area contributed by atoms with E-state index in [1.165, 1.54) is 0 Å². The molecule has 2 fully saturated rings. The first-order valence-corrected chi connectivity index (χ1v) is 4.95. The number of hydrogen-bond acceptors (Lipinski definition) is 3. The lowest BCUT2D eigenvalue weighted by molar-refractivity contribution is 0.0791. The Morgan fingerprint density at radius 1 is 1.23 bits per heavy atom. The van der Waals surface area contributed by atoms with E-state index in [9.17, 15) is 10.2 Å². The van der Waals surface area contributed by atoms with Crippen molar-refractivity contribution in [1.29, 1.82) is 5.26 Å². The molecule has 2 aliphatic carbocycles. The standard InChI is InChI=1S/C10H15NO2/c11-6-10(13)4-7-1-2-9(12)3-8(7)5-10/h7-9,12-13H,1-5H2/t7-,8-,9?,10-/m0/s1. The van der Waals surface area contributed by atoms with Crippen molar-refractivity contribution < 1.29 is 10.2 Å². The van der Waals surface area contributed by atoms with Gasteiger partial charge in [-0.2, -0.15) is 5.26 Å². The molecule has 0 radical (unpaired) electrons. The van der Waals surface area contributed by atoms with Crippen molar-refractivity contribution in [3.63, 3.8) is 0 Å². The number of aliphatic hydroxyl groups is 2. The molecule has 3 nitrogen and oxygen atoms in total. The Hall–Kier alpha value is -0.590. The lowest BCUT2D eigenvalue weighted by atomic mass is 9.80. The van der Waals surface area contributed by atoms with Crippen molar-refractivity contribution in [2.75, 3.05) is 0 Å². The maximum atomic E-state index is 9.77. The van der Waals surface area contributed by atoms with Crippen molar-refractivity contribution in [2.45, 2.75) is 43.8 Å². The summed E-state index contributed by atoms with van der Waals surface area (Å²) in [6.07, 6.45) is 3.54. The zero-order chi connectivity index (χ0) is 9.47. The highest BCUT2D eigenvalue weighted by molar-refractivity contribution is 5.09. The number of nitrogens with zero attached hydrogens (tertiary/aromatic N) is 1. The van der Waals surface area contributed by atoms with Crippen molar-refractivity contribution in [3.05, 3.63) is 0 Å². The maximum Gasteiger partial charge on any atom is 0.151 e. The second-order valence-corrected chi connectivity index (χ2v) is 4.54. The molecule has 0 saturated heterocycles. The summed E-state index contributed by atoms with van der Waals surface area (Å²) < 4.78 is 0. The fourth-order valence-corrected chi connectivity index (χ4v) is 2.86. The van der Waals surface area contributed by atoms with Crippen molar-refractivity contribution in [2.24, 2.45) is 11.8 Å². The molecule has 0 heterocycles. The van der Waals surface area contributed by atoms with E-state index in [0.717, 1.165) is 19.3 Å². The van der Waals surface area contributed by atoms with Gasteiger partial charge in [-0.15, -0.1) is 0 Å². The molecule has 2 aliphatic rings. The Morgan fingerprint density at radius 3 is 2.62 bits per heavy atom. The average molecular weight is 181 g/mol. The van der Waals surface area contributed by atoms with Crippen molar-refractivity contribution in [1.82, 2.24) is 0 Å². The van der Waals surface area contributed by atoms with Crippen LogP contribution in [0.3, 0.4) is 0 Å². The van der Waals surface area contributed by atoms with Crippen LogP contribution in [0.15, 0.2) is 0 Å². The third-order valence-corrected chi connectivity index (χ3v) is 3.52. The third-order valence-electron chi connectivity index (χ3n) is 3.52. The minimum atomic E-state index is -1.10. The summed E-state index contributed by atoms with van der Waals surface area (Å²) >= 11 is 0. The van der Waals surface area contributed by atoms with Crippen LogP contribution in [0.2, 0.25) is 0 Å². The molecule has 0 bridgehead atoms. The molecule has 13 heavy (non-hydrogen) atoms. The fourth-order valence-electron chi connectivity index (χ4n) is 2.86. The van der Waals surface area contributed by atoms with Gasteiger partial charge in [-0.25, -0.2) is 0 Å². The first-order valence-electron chi connectivity index (χ1n) is 4.95. The molecule has 2 rings (SSSR count). The van der Waals surface area contributed by atoms with Gasteiger partial charge in [0.2, 0.25) is 0 Å². The molecule has 0 aromatic carbocycles. The summed E-state index contributed by atoms with van der Waals surface area (Å²) in [7, 11) is 0. The van der Waals surface area contributed by atoms with Gasteiger partial charge in [-0.05, 0) is 43.9 Å². The van der Waals surface area contributed by atoms with Crippen LogP contribution in [0.25, 0.3) is 0 Å². The van der Waals surface area contributed by atoms with E-state index < -0.39 is 5.60 Å². The number of aliphatic hydroxyl groups excluding tert-OH is 1. The number of rotatable bonds is 0. The highest BCUT2D eigenvalue weighted by Crippen LogP contribution is 2.46. The molecule has 3 heteroatoms. The van der Waals surface area contributed by atoms with E-state index in [2.05, 4.69) is 0 Å². The van der Waals surface area contributed by atoms with Gasteiger partial charge >= 0.3 is 0 Å². The molecule has 0 aromatic heterocycles. The monoisotopic (exact) mass is 181 g/mol. The molecule has 72 valence electrons. The Balaban J connectivity index is 2.07. The van der Waals surface area contributed by atoms with Crippen LogP contribution in [0.5, 0.6) is 0 Å². The molecule has 0 amide bonds. The van der Waals surface area contributed by atoms with Crippen LogP contribution in [-0.2, 0) is 0 Å². The first-order chi connectivity index (χ1) is 6.13. The van der Waals surface area contributed by atoms with E-state index in [4.69, 9.17) is 5.26 Å². The Bertz CT molecular complexity index is 248. The molecular weight excluding hydrogens is 166 g/mol. The largest absolute Gasteiger partial charge is 0.393 e. The maximum absolute atomic E-state index is 9.77. The molecule has 2 N–H and O–H groups in total. The summed E-state index contributed by atoms with van der Waals surface area (Å²) in [5, 5.41) is 28.0. The molecule has 2 saturated carbocycles. The van der Waals surface area contributed by atoms with Gasteiger partial charge in [0, 0.05) is 0 Å². The molecule has 0 aliphatic heterocycles. The predicted octanol–water partition coefficient (Wildman–Crippen LogP) is 0.812. The van der Waals surface area contributed by atoms with Gasteiger partial charge < -0.3 is 10.2 Å². The predicted molar refractivity (Wildman–Crippen MR) is 46.6 cm³/mol. The van der Waals surface area contributed by atoms with Gasteiger partial charge in [-0.3, -0.25) is 0 Å². The molecule has 4 atom stereocenters. The first kappa shape index (κ1) is 8.98. The van der Waals surface area contributed by atoms with E-state index in [0.29, 0.717) is 24.7 Å². The van der Waals surface area contributed by atoms with Crippen LogP contribution in [-0.4, -0.2) is 21.9 Å². The Labute approximate surface area is 78.0 Å². The zero-order valence-electron chi connectivity index (χ0n) is 7.61. The lowest BCUT2D eigenvalue weighted by Gasteiger charge is -2.28. The number of nitriles is 1. The van der Waals surface area contributed by atoms with Gasteiger partial charge in [0.05, 0.1) is 12.2 Å². The summed E-state index contributed by atoms with van der Waals surface area (Å²) in [6.45, 7) is 0. The number of hydrogen-bond donors (Lipinski definition) is 2. The normalized spacial score (nSPS) is 49.8. The van der Waals surface area contributed by atoms with E-state index in [1.54, 1.807) is 0 Å². The molecular formula is C10H15NO2. The third kappa shape index (κ3) is 1.56. The average Bonchev–Trinajstić information content (AvgIpc) is 2.42. The van der Waals surface area contributed by atoms with E-state index in [1.807, 2.05) is 6.07 Å².